The Kier molecular flexibility index (Phi) is 3.92. The van der Waals surface area contributed by atoms with E-state index < -0.39 is 0 Å². The minimum atomic E-state index is 0.268. The number of hydrogen-bond donors (Lipinski definition) is 1. The van der Waals surface area contributed by atoms with E-state index in [1.807, 2.05) is 0 Å². The third kappa shape index (κ3) is 3.21. The Morgan fingerprint density at radius 3 is 2.79 bits per heavy atom. The van der Waals surface area contributed by atoms with Gasteiger partial charge < -0.3 is 10.1 Å². The van der Waals surface area contributed by atoms with Crippen molar-refractivity contribution in [1.82, 2.24) is 4.90 Å². The van der Waals surface area contributed by atoms with Crippen LogP contribution in [0.15, 0.2) is 18.2 Å². The average Bonchev–Trinajstić information content (AvgIpc) is 2.68. The Morgan fingerprint density at radius 1 is 1.21 bits per heavy atom. The zero-order valence-corrected chi connectivity index (χ0v) is 11.8. The van der Waals surface area contributed by atoms with Crippen molar-refractivity contribution in [2.45, 2.75) is 45.3 Å². The number of rotatable bonds is 2. The minimum Gasteiger partial charge on any atom is -0.487 e. The Hall–Kier alpha value is -1.22. The van der Waals surface area contributed by atoms with E-state index in [9.17, 15) is 0 Å². The fourth-order valence-corrected chi connectivity index (χ4v) is 2.98. The van der Waals surface area contributed by atoms with Gasteiger partial charge in [0.1, 0.15) is 11.9 Å². The Balaban J connectivity index is 1.68. The third-order valence-electron chi connectivity index (χ3n) is 4.06. The summed E-state index contributed by atoms with van der Waals surface area (Å²) in [7, 11) is 0. The lowest BCUT2D eigenvalue weighted by atomic mass is 10.1. The first-order valence-corrected chi connectivity index (χ1v) is 7.57. The van der Waals surface area contributed by atoms with Gasteiger partial charge in [0.2, 0.25) is 0 Å². The van der Waals surface area contributed by atoms with Crippen LogP contribution in [0.25, 0.3) is 0 Å². The molecule has 1 unspecified atom stereocenters. The van der Waals surface area contributed by atoms with E-state index in [0.29, 0.717) is 0 Å². The largest absolute Gasteiger partial charge is 0.487 e. The molecule has 0 aromatic heterocycles. The maximum absolute atomic E-state index is 5.82. The second kappa shape index (κ2) is 5.83. The van der Waals surface area contributed by atoms with Crippen molar-refractivity contribution in [2.24, 2.45) is 0 Å². The molecule has 0 aliphatic carbocycles. The summed E-state index contributed by atoms with van der Waals surface area (Å²) in [6, 6.07) is 6.58. The molecule has 0 spiro atoms. The van der Waals surface area contributed by atoms with E-state index in [4.69, 9.17) is 4.74 Å². The van der Waals surface area contributed by atoms with Crippen LogP contribution in [0.5, 0.6) is 5.75 Å². The highest BCUT2D eigenvalue weighted by Gasteiger charge is 2.16. The van der Waals surface area contributed by atoms with Crippen molar-refractivity contribution in [2.75, 3.05) is 25.0 Å². The van der Waals surface area contributed by atoms with Crippen LogP contribution in [0.3, 0.4) is 0 Å². The molecular formula is C16H24N2O. The number of nitrogens with one attached hydrogen (secondary N) is 1. The number of hydrogen-bond acceptors (Lipinski definition) is 3. The van der Waals surface area contributed by atoms with E-state index in [1.165, 1.54) is 44.3 Å². The smallest absolute Gasteiger partial charge is 0.142 e. The molecule has 1 saturated heterocycles. The fourth-order valence-electron chi connectivity index (χ4n) is 2.98. The van der Waals surface area contributed by atoms with E-state index in [1.54, 1.807) is 0 Å². The van der Waals surface area contributed by atoms with Gasteiger partial charge in [-0.15, -0.1) is 0 Å². The summed E-state index contributed by atoms with van der Waals surface area (Å²) in [4.78, 5) is 2.58. The highest BCUT2D eigenvalue weighted by Crippen LogP contribution is 2.30. The maximum atomic E-state index is 5.82. The first-order chi connectivity index (χ1) is 9.31. The first-order valence-electron chi connectivity index (χ1n) is 7.57. The highest BCUT2D eigenvalue weighted by atomic mass is 16.5. The number of nitrogens with zero attached hydrogens (tertiary/aromatic N) is 1. The van der Waals surface area contributed by atoms with Crippen molar-refractivity contribution in [3.05, 3.63) is 23.8 Å². The first kappa shape index (κ1) is 12.8. The van der Waals surface area contributed by atoms with Gasteiger partial charge in [0.05, 0.1) is 12.2 Å². The number of anilines is 1. The van der Waals surface area contributed by atoms with Crippen LogP contribution in [-0.2, 0) is 6.54 Å². The zero-order valence-electron chi connectivity index (χ0n) is 11.8. The molecular weight excluding hydrogens is 236 g/mol. The third-order valence-corrected chi connectivity index (χ3v) is 4.06. The molecule has 1 fully saturated rings. The lowest BCUT2D eigenvalue weighted by Gasteiger charge is -2.26. The normalized spacial score (nSPS) is 23.9. The van der Waals surface area contributed by atoms with Crippen LogP contribution in [-0.4, -0.2) is 30.6 Å². The quantitative estimate of drug-likeness (QED) is 0.883. The second-order valence-electron chi connectivity index (χ2n) is 5.83. The van der Waals surface area contributed by atoms with Crippen LogP contribution < -0.4 is 10.1 Å². The van der Waals surface area contributed by atoms with E-state index in [0.717, 1.165) is 24.5 Å². The molecule has 19 heavy (non-hydrogen) atoms. The second-order valence-corrected chi connectivity index (χ2v) is 5.83. The van der Waals surface area contributed by atoms with Crippen molar-refractivity contribution in [3.8, 4) is 5.75 Å². The summed E-state index contributed by atoms with van der Waals surface area (Å²) in [6.45, 7) is 6.57. The van der Waals surface area contributed by atoms with E-state index in [-0.39, 0.29) is 6.10 Å². The number of ether oxygens (including phenoxy) is 1. The fraction of sp³-hybridized carbons (Fsp3) is 0.625. The maximum Gasteiger partial charge on any atom is 0.142 e. The number of benzene rings is 1. The highest BCUT2D eigenvalue weighted by molar-refractivity contribution is 5.59. The van der Waals surface area contributed by atoms with Gasteiger partial charge in [-0.05, 0) is 50.6 Å². The summed E-state index contributed by atoms with van der Waals surface area (Å²) in [6.07, 6.45) is 5.76. The van der Waals surface area contributed by atoms with Crippen LogP contribution in [0.2, 0.25) is 0 Å². The Bertz CT molecular complexity index is 425. The summed E-state index contributed by atoms with van der Waals surface area (Å²) in [5.74, 6) is 0.998. The molecule has 1 atom stereocenters. The summed E-state index contributed by atoms with van der Waals surface area (Å²) < 4.78 is 5.82. The molecule has 1 aromatic carbocycles. The van der Waals surface area contributed by atoms with Crippen molar-refractivity contribution in [1.29, 1.82) is 0 Å². The van der Waals surface area contributed by atoms with Gasteiger partial charge in [0.25, 0.3) is 0 Å². The summed E-state index contributed by atoms with van der Waals surface area (Å²) in [5, 5.41) is 3.46. The van der Waals surface area contributed by atoms with E-state index >= 15 is 0 Å². The van der Waals surface area contributed by atoms with Gasteiger partial charge >= 0.3 is 0 Å². The molecule has 104 valence electrons. The van der Waals surface area contributed by atoms with Crippen LogP contribution in [0, 0.1) is 0 Å². The molecule has 0 bridgehead atoms. The molecule has 3 nitrogen and oxygen atoms in total. The molecule has 1 aromatic rings. The van der Waals surface area contributed by atoms with Gasteiger partial charge in [-0.25, -0.2) is 0 Å². The number of fused-ring (bicyclic) bond motifs is 1. The monoisotopic (exact) mass is 260 g/mol. The molecule has 3 heteroatoms. The molecule has 1 N–H and O–H groups in total. The topological polar surface area (TPSA) is 24.5 Å². The predicted molar refractivity (Wildman–Crippen MR) is 78.8 cm³/mol. The molecule has 0 saturated carbocycles. The van der Waals surface area contributed by atoms with Gasteiger partial charge in [-0.2, -0.15) is 0 Å². The van der Waals surface area contributed by atoms with Crippen molar-refractivity contribution in [3.63, 3.8) is 0 Å². The Labute approximate surface area is 115 Å². The van der Waals surface area contributed by atoms with Gasteiger partial charge in [0.15, 0.2) is 0 Å². The van der Waals surface area contributed by atoms with Crippen LogP contribution in [0.1, 0.15) is 38.2 Å². The lowest BCUT2D eigenvalue weighted by molar-refractivity contribution is 0.225. The molecule has 0 radical (unpaired) electrons. The SMILES string of the molecule is CC1CNc2cc(CN3CCCCCC3)ccc2O1. The number of likely N-dealkylation sites (tertiary alicyclic amines) is 1. The van der Waals surface area contributed by atoms with Crippen molar-refractivity contribution >= 4 is 5.69 Å². The van der Waals surface area contributed by atoms with Gasteiger partial charge in [0, 0.05) is 6.54 Å². The predicted octanol–water partition coefficient (Wildman–Crippen LogP) is 3.26. The summed E-state index contributed by atoms with van der Waals surface area (Å²) in [5.41, 5.74) is 2.55. The van der Waals surface area contributed by atoms with Gasteiger partial charge in [-0.1, -0.05) is 18.9 Å². The molecule has 2 heterocycles. The van der Waals surface area contributed by atoms with Gasteiger partial charge in [-0.3, -0.25) is 4.90 Å². The van der Waals surface area contributed by atoms with Crippen LogP contribution in [0.4, 0.5) is 5.69 Å². The molecule has 3 rings (SSSR count). The van der Waals surface area contributed by atoms with Crippen molar-refractivity contribution < 1.29 is 4.74 Å². The molecule has 2 aliphatic heterocycles. The van der Waals surface area contributed by atoms with E-state index in [2.05, 4.69) is 35.3 Å². The molecule has 0 amide bonds. The average molecular weight is 260 g/mol. The summed E-state index contributed by atoms with van der Waals surface area (Å²) >= 11 is 0. The Morgan fingerprint density at radius 2 is 2.00 bits per heavy atom. The standard InChI is InChI=1S/C16H24N2O/c1-13-11-17-15-10-14(6-7-16(15)19-13)12-18-8-4-2-3-5-9-18/h6-7,10,13,17H,2-5,8-9,11-12H2,1H3. The zero-order chi connectivity index (χ0) is 13.1. The molecule has 2 aliphatic rings. The lowest BCUT2D eigenvalue weighted by Crippen LogP contribution is -2.28. The minimum absolute atomic E-state index is 0.268. The van der Waals surface area contributed by atoms with Crippen LogP contribution >= 0.6 is 0 Å².